The fourth-order valence-electron chi connectivity index (χ4n) is 4.48. The van der Waals surface area contributed by atoms with Crippen molar-refractivity contribution in [3.8, 4) is 5.88 Å². The van der Waals surface area contributed by atoms with Crippen molar-refractivity contribution in [2.24, 2.45) is 0 Å². The molecule has 0 atom stereocenters. The molecule has 3 heterocycles. The average molecular weight is 533 g/mol. The largest absolute Gasteiger partial charge is 0.475 e. The van der Waals surface area contributed by atoms with Gasteiger partial charge in [0, 0.05) is 12.3 Å². The highest BCUT2D eigenvalue weighted by molar-refractivity contribution is 7.99. The highest BCUT2D eigenvalue weighted by Gasteiger charge is 2.36. The number of aromatic nitrogens is 2. The molecule has 38 heavy (non-hydrogen) atoms. The summed E-state index contributed by atoms with van der Waals surface area (Å²) in [7, 11) is 0. The molecule has 0 spiro atoms. The zero-order valence-electron chi connectivity index (χ0n) is 20.7. The molecule has 2 aromatic carbocycles. The highest BCUT2D eigenvalue weighted by atomic mass is 32.2. The van der Waals surface area contributed by atoms with E-state index in [9.17, 15) is 24.0 Å². The molecule has 4 amide bonds. The number of carbonyl (C=O) groups excluding carboxylic acids is 4. The summed E-state index contributed by atoms with van der Waals surface area (Å²) in [6.45, 7) is 3.76. The SMILES string of the molecule is CC(C)c1c(OCCN2C(=O)c3ccccc3C2=O)nc(SCCN2C(=O)c3ccccc3C2=O)[nH]c1=O. The summed E-state index contributed by atoms with van der Waals surface area (Å²) in [6.07, 6.45) is 0. The number of benzene rings is 2. The Bertz CT molecular complexity index is 1460. The molecule has 1 aromatic heterocycles. The standard InChI is InChI=1S/C27H24N4O6S/c1-15(2)20-21(32)28-27(38-14-12-31-25(35)18-9-5-6-10-19(18)26(31)36)29-22(20)37-13-11-30-23(33)16-7-3-4-8-17(16)24(30)34/h3-10,15H,11-14H2,1-2H3,(H,28,29,32). The zero-order valence-corrected chi connectivity index (χ0v) is 21.5. The normalized spacial score (nSPS) is 14.5. The number of H-pyrrole nitrogens is 1. The Hall–Kier alpha value is -4.25. The molecular weight excluding hydrogens is 508 g/mol. The number of rotatable bonds is 9. The van der Waals surface area contributed by atoms with Crippen LogP contribution in [-0.4, -0.2) is 68.8 Å². The predicted octanol–water partition coefficient (Wildman–Crippen LogP) is 2.96. The lowest BCUT2D eigenvalue weighted by Gasteiger charge is -2.17. The van der Waals surface area contributed by atoms with Gasteiger partial charge in [-0.15, -0.1) is 0 Å². The molecule has 3 aromatic rings. The molecule has 194 valence electrons. The third-order valence-electron chi connectivity index (χ3n) is 6.34. The molecule has 10 nitrogen and oxygen atoms in total. The van der Waals surface area contributed by atoms with E-state index >= 15 is 0 Å². The zero-order chi connectivity index (χ0) is 27.0. The summed E-state index contributed by atoms with van der Waals surface area (Å²) in [5.74, 6) is -1.24. The molecule has 0 aliphatic carbocycles. The van der Waals surface area contributed by atoms with Gasteiger partial charge in [-0.25, -0.2) is 0 Å². The predicted molar refractivity (Wildman–Crippen MR) is 139 cm³/mol. The number of fused-ring (bicyclic) bond motifs is 2. The summed E-state index contributed by atoms with van der Waals surface area (Å²) >= 11 is 1.18. The number of ether oxygens (including phenoxy) is 1. The lowest BCUT2D eigenvalue weighted by atomic mass is 10.1. The molecule has 2 aliphatic heterocycles. The van der Waals surface area contributed by atoms with Crippen LogP contribution in [0.4, 0.5) is 0 Å². The Kier molecular flexibility index (Phi) is 6.85. The molecule has 1 N–H and O–H groups in total. The van der Waals surface area contributed by atoms with Crippen LogP contribution in [0.15, 0.2) is 58.5 Å². The minimum Gasteiger partial charge on any atom is -0.475 e. The van der Waals surface area contributed by atoms with Gasteiger partial charge in [-0.3, -0.25) is 33.8 Å². The van der Waals surface area contributed by atoms with Crippen LogP contribution in [0.2, 0.25) is 0 Å². The van der Waals surface area contributed by atoms with Crippen molar-refractivity contribution in [3.63, 3.8) is 0 Å². The lowest BCUT2D eigenvalue weighted by molar-refractivity contribution is 0.0624. The summed E-state index contributed by atoms with van der Waals surface area (Å²) in [5.41, 5.74) is 1.44. The summed E-state index contributed by atoms with van der Waals surface area (Å²) < 4.78 is 5.82. The molecule has 0 saturated carbocycles. The van der Waals surface area contributed by atoms with Crippen LogP contribution < -0.4 is 10.3 Å². The Morgan fingerprint density at radius 3 is 1.74 bits per heavy atom. The Morgan fingerprint density at radius 2 is 1.26 bits per heavy atom. The minimum absolute atomic E-state index is 0.000575. The van der Waals surface area contributed by atoms with Crippen molar-refractivity contribution in [1.29, 1.82) is 0 Å². The van der Waals surface area contributed by atoms with Gasteiger partial charge in [0.15, 0.2) is 5.16 Å². The third kappa shape index (κ3) is 4.49. The molecule has 0 fully saturated rings. The maximum Gasteiger partial charge on any atom is 0.261 e. The van der Waals surface area contributed by atoms with E-state index in [0.717, 1.165) is 4.90 Å². The first-order valence-electron chi connectivity index (χ1n) is 12.1. The first-order chi connectivity index (χ1) is 18.3. The van der Waals surface area contributed by atoms with Gasteiger partial charge in [-0.05, 0) is 30.2 Å². The fraction of sp³-hybridized carbons (Fsp3) is 0.259. The number of aromatic amines is 1. The van der Waals surface area contributed by atoms with E-state index in [4.69, 9.17) is 4.74 Å². The molecule has 11 heteroatoms. The smallest absolute Gasteiger partial charge is 0.261 e. The molecule has 0 radical (unpaired) electrons. The first-order valence-corrected chi connectivity index (χ1v) is 13.1. The van der Waals surface area contributed by atoms with E-state index in [1.807, 2.05) is 13.8 Å². The van der Waals surface area contributed by atoms with Crippen LogP contribution in [0.5, 0.6) is 5.88 Å². The first kappa shape index (κ1) is 25.4. The lowest BCUT2D eigenvalue weighted by Crippen LogP contribution is -2.34. The molecule has 0 bridgehead atoms. The molecule has 5 rings (SSSR count). The number of amides is 4. The number of nitrogens with zero attached hydrogens (tertiary/aromatic N) is 3. The number of hydrogen-bond acceptors (Lipinski definition) is 8. The Balaban J connectivity index is 1.24. The summed E-state index contributed by atoms with van der Waals surface area (Å²) in [6, 6.07) is 13.3. The summed E-state index contributed by atoms with van der Waals surface area (Å²) in [5, 5.41) is 0.270. The van der Waals surface area contributed by atoms with Gasteiger partial charge >= 0.3 is 0 Å². The molecular formula is C27H24N4O6S. The van der Waals surface area contributed by atoms with Crippen LogP contribution >= 0.6 is 11.8 Å². The Labute approximate surface area is 222 Å². The van der Waals surface area contributed by atoms with E-state index in [2.05, 4.69) is 9.97 Å². The number of carbonyl (C=O) groups is 4. The van der Waals surface area contributed by atoms with E-state index in [1.54, 1.807) is 48.5 Å². The van der Waals surface area contributed by atoms with Gasteiger partial charge in [-0.1, -0.05) is 49.9 Å². The maximum absolute atomic E-state index is 12.8. The number of nitrogens with one attached hydrogen (secondary N) is 1. The fourth-order valence-corrected chi connectivity index (χ4v) is 5.26. The quantitative estimate of drug-likeness (QED) is 0.253. The van der Waals surface area contributed by atoms with E-state index < -0.39 is 0 Å². The van der Waals surface area contributed by atoms with Gasteiger partial charge in [0.25, 0.3) is 29.2 Å². The number of thioether (sulfide) groups is 1. The van der Waals surface area contributed by atoms with Crippen LogP contribution in [0.25, 0.3) is 0 Å². The molecule has 0 unspecified atom stereocenters. The topological polar surface area (TPSA) is 130 Å². The number of hydrogen-bond donors (Lipinski definition) is 1. The average Bonchev–Trinajstić information content (AvgIpc) is 3.29. The van der Waals surface area contributed by atoms with Crippen molar-refractivity contribution in [2.75, 3.05) is 25.4 Å². The van der Waals surface area contributed by atoms with E-state index in [1.165, 1.54) is 16.7 Å². The van der Waals surface area contributed by atoms with E-state index in [-0.39, 0.29) is 65.8 Å². The van der Waals surface area contributed by atoms with Gasteiger partial charge in [-0.2, -0.15) is 4.98 Å². The minimum atomic E-state index is -0.387. The van der Waals surface area contributed by atoms with Crippen molar-refractivity contribution in [3.05, 3.63) is 86.7 Å². The number of imide groups is 2. The van der Waals surface area contributed by atoms with Gasteiger partial charge in [0.05, 0.1) is 34.4 Å². The third-order valence-corrected chi connectivity index (χ3v) is 7.19. The Morgan fingerprint density at radius 1 is 0.789 bits per heavy atom. The maximum atomic E-state index is 12.8. The molecule has 0 saturated heterocycles. The van der Waals surface area contributed by atoms with Gasteiger partial charge in [0.2, 0.25) is 5.88 Å². The van der Waals surface area contributed by atoms with Crippen molar-refractivity contribution < 1.29 is 23.9 Å². The summed E-state index contributed by atoms with van der Waals surface area (Å²) in [4.78, 5) is 72.6. The van der Waals surface area contributed by atoms with Gasteiger partial charge < -0.3 is 9.72 Å². The van der Waals surface area contributed by atoms with Crippen LogP contribution in [0.3, 0.4) is 0 Å². The van der Waals surface area contributed by atoms with E-state index in [0.29, 0.717) is 33.6 Å². The highest BCUT2D eigenvalue weighted by Crippen LogP contribution is 2.26. The molecule has 2 aliphatic rings. The second-order valence-corrected chi connectivity index (χ2v) is 10.1. The second-order valence-electron chi connectivity index (χ2n) is 9.06. The van der Waals surface area contributed by atoms with Crippen molar-refractivity contribution in [2.45, 2.75) is 24.9 Å². The van der Waals surface area contributed by atoms with Gasteiger partial charge in [0.1, 0.15) is 6.61 Å². The van der Waals surface area contributed by atoms with Crippen molar-refractivity contribution in [1.82, 2.24) is 19.8 Å². The second kappa shape index (κ2) is 10.3. The van der Waals surface area contributed by atoms with Crippen molar-refractivity contribution >= 4 is 35.4 Å². The van der Waals surface area contributed by atoms with Crippen LogP contribution in [0, 0.1) is 0 Å². The monoisotopic (exact) mass is 532 g/mol. The van der Waals surface area contributed by atoms with Crippen LogP contribution in [-0.2, 0) is 0 Å². The van der Waals surface area contributed by atoms with Crippen LogP contribution in [0.1, 0.15) is 66.8 Å².